The van der Waals surface area contributed by atoms with E-state index in [1.807, 2.05) is 6.92 Å². The van der Waals surface area contributed by atoms with E-state index in [2.05, 4.69) is 10.3 Å². The van der Waals surface area contributed by atoms with Crippen molar-refractivity contribution in [1.82, 2.24) is 10.3 Å². The van der Waals surface area contributed by atoms with Crippen molar-refractivity contribution in [2.75, 3.05) is 11.4 Å². The Morgan fingerprint density at radius 2 is 1.87 bits per heavy atom. The van der Waals surface area contributed by atoms with E-state index in [1.165, 1.54) is 4.88 Å². The molecule has 1 aliphatic carbocycles. The number of hydrogen-bond acceptors (Lipinski definition) is 5. The number of imide groups is 1. The molecule has 0 saturated heterocycles. The number of rotatable bonds is 4. The number of carbonyl (C=O) groups is 3. The van der Waals surface area contributed by atoms with Gasteiger partial charge < -0.3 is 5.32 Å². The Labute approximate surface area is 183 Å². The maximum absolute atomic E-state index is 12.8. The number of anilines is 1. The van der Waals surface area contributed by atoms with E-state index in [1.54, 1.807) is 59.9 Å². The molecule has 6 nitrogen and oxygen atoms in total. The summed E-state index contributed by atoms with van der Waals surface area (Å²) in [6.07, 6.45) is 3.17. The van der Waals surface area contributed by atoms with Crippen molar-refractivity contribution in [1.29, 1.82) is 0 Å². The van der Waals surface area contributed by atoms with E-state index in [0.717, 1.165) is 34.9 Å². The van der Waals surface area contributed by atoms with Crippen LogP contribution in [0.1, 0.15) is 65.4 Å². The van der Waals surface area contributed by atoms with Crippen molar-refractivity contribution in [3.8, 4) is 0 Å². The summed E-state index contributed by atoms with van der Waals surface area (Å²) in [5, 5.41) is 4.08. The van der Waals surface area contributed by atoms with Crippen LogP contribution in [0.3, 0.4) is 0 Å². The summed E-state index contributed by atoms with van der Waals surface area (Å²) in [6.45, 7) is 2.54. The fourth-order valence-electron chi connectivity index (χ4n) is 4.36. The maximum Gasteiger partial charge on any atom is 0.266 e. The minimum absolute atomic E-state index is 0.220. The van der Waals surface area contributed by atoms with E-state index in [9.17, 15) is 14.4 Å². The molecule has 1 aromatic heterocycles. The van der Waals surface area contributed by atoms with Gasteiger partial charge in [0, 0.05) is 22.9 Å². The second-order valence-corrected chi connectivity index (χ2v) is 9.17. The molecule has 0 saturated carbocycles. The molecular weight excluding hydrogens is 410 g/mol. The summed E-state index contributed by atoms with van der Waals surface area (Å²) in [5.41, 5.74) is 2.70. The third-order valence-electron chi connectivity index (χ3n) is 5.85. The lowest BCUT2D eigenvalue weighted by Gasteiger charge is -2.21. The Balaban J connectivity index is 1.33. The van der Waals surface area contributed by atoms with Gasteiger partial charge in [-0.3, -0.25) is 14.4 Å². The average molecular weight is 432 g/mol. The topological polar surface area (TPSA) is 79.4 Å². The van der Waals surface area contributed by atoms with Crippen LogP contribution in [0.25, 0.3) is 0 Å². The van der Waals surface area contributed by atoms with Crippen molar-refractivity contribution >= 4 is 34.7 Å². The van der Waals surface area contributed by atoms with Crippen LogP contribution in [-0.2, 0) is 6.42 Å². The van der Waals surface area contributed by atoms with Crippen LogP contribution in [0.15, 0.2) is 48.5 Å². The second-order valence-electron chi connectivity index (χ2n) is 7.88. The van der Waals surface area contributed by atoms with Gasteiger partial charge in [-0.2, -0.15) is 0 Å². The zero-order valence-electron chi connectivity index (χ0n) is 17.1. The highest BCUT2D eigenvalue weighted by atomic mass is 32.1. The van der Waals surface area contributed by atoms with Crippen molar-refractivity contribution in [2.24, 2.45) is 0 Å². The minimum atomic E-state index is -0.369. The molecular formula is C24H21N3O3S. The Hall–Kier alpha value is -3.32. The number of hydrogen-bond donors (Lipinski definition) is 1. The van der Waals surface area contributed by atoms with Gasteiger partial charge in [0.15, 0.2) is 0 Å². The number of aryl methyl sites for hydroxylation is 2. The highest BCUT2D eigenvalue weighted by Gasteiger charge is 2.36. The third-order valence-corrected chi connectivity index (χ3v) is 6.89. The molecule has 0 fully saturated rings. The molecule has 0 spiro atoms. The third kappa shape index (κ3) is 3.45. The molecule has 1 aliphatic heterocycles. The van der Waals surface area contributed by atoms with Gasteiger partial charge >= 0.3 is 0 Å². The Bertz CT molecular complexity index is 1180. The first kappa shape index (κ1) is 19.6. The number of nitrogens with one attached hydrogen (secondary N) is 1. The number of aromatic nitrogens is 1. The summed E-state index contributed by atoms with van der Waals surface area (Å²) >= 11 is 1.74. The highest BCUT2D eigenvalue weighted by Crippen LogP contribution is 2.34. The van der Waals surface area contributed by atoms with E-state index >= 15 is 0 Å². The van der Waals surface area contributed by atoms with E-state index < -0.39 is 0 Å². The van der Waals surface area contributed by atoms with Crippen LogP contribution >= 0.6 is 11.3 Å². The van der Waals surface area contributed by atoms with Crippen LogP contribution in [-0.4, -0.2) is 29.3 Å². The monoisotopic (exact) mass is 431 g/mol. The molecule has 2 aliphatic rings. The Morgan fingerprint density at radius 1 is 1.13 bits per heavy atom. The number of carbonyl (C=O) groups excluding carboxylic acids is 3. The largest absolute Gasteiger partial charge is 0.351 e. The molecule has 1 atom stereocenters. The second kappa shape index (κ2) is 7.74. The van der Waals surface area contributed by atoms with Crippen LogP contribution < -0.4 is 10.2 Å². The van der Waals surface area contributed by atoms with Crippen LogP contribution in [0.4, 0.5) is 5.69 Å². The maximum atomic E-state index is 12.8. The zero-order chi connectivity index (χ0) is 21.5. The standard InChI is InChI=1S/C24H21N3O3S/c1-14-26-21-16(7-5-11-20(21)31-14)13-25-22(28)15-6-4-8-17(12-15)27-23(29)18-9-2-3-10-19(18)24(27)30/h2-4,6,8-10,12,16H,5,7,11,13H2,1H3,(H,25,28). The normalized spacial score (nSPS) is 17.5. The number of fused-ring (bicyclic) bond motifs is 2. The molecule has 7 heteroatoms. The molecule has 31 heavy (non-hydrogen) atoms. The fraction of sp³-hybridized carbons (Fsp3) is 0.250. The average Bonchev–Trinajstić information content (AvgIpc) is 3.29. The Morgan fingerprint density at radius 3 is 2.61 bits per heavy atom. The molecule has 0 radical (unpaired) electrons. The van der Waals surface area contributed by atoms with Crippen LogP contribution in [0.2, 0.25) is 0 Å². The molecule has 1 N–H and O–H groups in total. The summed E-state index contributed by atoms with van der Waals surface area (Å²) < 4.78 is 0. The predicted molar refractivity (Wildman–Crippen MR) is 119 cm³/mol. The van der Waals surface area contributed by atoms with Crippen molar-refractivity contribution in [3.05, 3.63) is 80.8 Å². The van der Waals surface area contributed by atoms with E-state index in [4.69, 9.17) is 0 Å². The lowest BCUT2D eigenvalue weighted by molar-refractivity contribution is 0.0919. The fourth-order valence-corrected chi connectivity index (χ4v) is 5.42. The zero-order valence-corrected chi connectivity index (χ0v) is 17.9. The van der Waals surface area contributed by atoms with Gasteiger partial charge in [0.2, 0.25) is 0 Å². The van der Waals surface area contributed by atoms with Gasteiger partial charge in [-0.05, 0) is 56.5 Å². The molecule has 5 rings (SSSR count). The first-order valence-corrected chi connectivity index (χ1v) is 11.2. The minimum Gasteiger partial charge on any atom is -0.351 e. The SMILES string of the molecule is Cc1nc2c(s1)CCCC2CNC(=O)c1cccc(N2C(=O)c3ccccc3C2=O)c1. The first-order chi connectivity index (χ1) is 15.0. The van der Waals surface area contributed by atoms with Gasteiger partial charge in [-0.15, -0.1) is 11.3 Å². The first-order valence-electron chi connectivity index (χ1n) is 10.3. The van der Waals surface area contributed by atoms with Gasteiger partial charge in [-0.25, -0.2) is 9.88 Å². The van der Waals surface area contributed by atoms with E-state index in [-0.39, 0.29) is 23.6 Å². The number of thiazole rings is 1. The Kier molecular flexibility index (Phi) is 4.90. The van der Waals surface area contributed by atoms with E-state index in [0.29, 0.717) is 28.9 Å². The van der Waals surface area contributed by atoms with Crippen LogP contribution in [0, 0.1) is 6.92 Å². The molecule has 0 bridgehead atoms. The van der Waals surface area contributed by atoms with Gasteiger partial charge in [-0.1, -0.05) is 18.2 Å². The molecule has 156 valence electrons. The van der Waals surface area contributed by atoms with Gasteiger partial charge in [0.05, 0.1) is 27.5 Å². The highest BCUT2D eigenvalue weighted by molar-refractivity contribution is 7.11. The molecule has 3 amide bonds. The summed E-state index contributed by atoms with van der Waals surface area (Å²) in [6, 6.07) is 13.4. The molecule has 1 unspecified atom stereocenters. The predicted octanol–water partition coefficient (Wildman–Crippen LogP) is 4.10. The lowest BCUT2D eigenvalue weighted by Crippen LogP contribution is -2.31. The number of nitrogens with zero attached hydrogens (tertiary/aromatic N) is 2. The summed E-state index contributed by atoms with van der Waals surface area (Å²) in [7, 11) is 0. The van der Waals surface area contributed by atoms with Crippen LogP contribution in [0.5, 0.6) is 0 Å². The smallest absolute Gasteiger partial charge is 0.266 e. The van der Waals surface area contributed by atoms with Gasteiger partial charge in [0.1, 0.15) is 0 Å². The molecule has 2 heterocycles. The summed E-state index contributed by atoms with van der Waals surface area (Å²) in [5.74, 6) is -0.742. The van der Waals surface area contributed by atoms with Gasteiger partial charge in [0.25, 0.3) is 17.7 Å². The molecule has 3 aromatic rings. The number of amides is 3. The quantitative estimate of drug-likeness (QED) is 0.631. The number of benzene rings is 2. The van der Waals surface area contributed by atoms with Crippen molar-refractivity contribution in [2.45, 2.75) is 32.1 Å². The lowest BCUT2D eigenvalue weighted by atomic mass is 9.91. The molecule has 2 aromatic carbocycles. The van der Waals surface area contributed by atoms with Crippen molar-refractivity contribution < 1.29 is 14.4 Å². The van der Waals surface area contributed by atoms with Crippen molar-refractivity contribution in [3.63, 3.8) is 0 Å². The summed E-state index contributed by atoms with van der Waals surface area (Å²) in [4.78, 5) is 45.4.